The third kappa shape index (κ3) is 2.97. The van der Waals surface area contributed by atoms with E-state index < -0.39 is 0 Å². The number of hydrogen-bond donors (Lipinski definition) is 1. The fourth-order valence-electron chi connectivity index (χ4n) is 4.99. The Labute approximate surface area is 187 Å². The topological polar surface area (TPSA) is 78.5 Å². The van der Waals surface area contributed by atoms with Gasteiger partial charge in [-0.15, -0.1) is 0 Å². The molecule has 4 nitrogen and oxygen atoms in total. The van der Waals surface area contributed by atoms with Crippen molar-refractivity contribution in [3.63, 3.8) is 0 Å². The van der Waals surface area contributed by atoms with E-state index >= 15 is 0 Å². The van der Waals surface area contributed by atoms with Crippen LogP contribution in [0, 0.1) is 36.5 Å². The van der Waals surface area contributed by atoms with Gasteiger partial charge in [-0.2, -0.15) is 10.5 Å². The Hall–Kier alpha value is -4.28. The molecule has 0 aliphatic heterocycles. The predicted molar refractivity (Wildman–Crippen MR) is 128 cm³/mol. The van der Waals surface area contributed by atoms with Crippen LogP contribution >= 0.6 is 0 Å². The summed E-state index contributed by atoms with van der Waals surface area (Å²) in [6, 6.07) is 22.5. The monoisotopic (exact) mass is 414 g/mol. The molecule has 32 heavy (non-hydrogen) atoms. The summed E-state index contributed by atoms with van der Waals surface area (Å²) >= 11 is 0. The van der Waals surface area contributed by atoms with E-state index in [2.05, 4.69) is 67.0 Å². The molecule has 4 aromatic rings. The Morgan fingerprint density at radius 1 is 0.906 bits per heavy atom. The summed E-state index contributed by atoms with van der Waals surface area (Å²) in [5, 5.41) is 20.2. The van der Waals surface area contributed by atoms with Crippen LogP contribution in [-0.2, 0) is 6.42 Å². The van der Waals surface area contributed by atoms with E-state index in [1.54, 1.807) is 6.07 Å². The van der Waals surface area contributed by atoms with Crippen LogP contribution in [0.4, 0.5) is 0 Å². The largest absolute Gasteiger partial charge is 0.398 e. The van der Waals surface area contributed by atoms with Gasteiger partial charge in [0.25, 0.3) is 0 Å². The first-order valence-electron chi connectivity index (χ1n) is 10.7. The molecule has 0 radical (unpaired) electrons. The fraction of sp³-hybridized carbons (Fsp3) is 0.143. The van der Waals surface area contributed by atoms with Gasteiger partial charge in [0, 0.05) is 27.9 Å². The van der Waals surface area contributed by atoms with E-state index in [0.717, 1.165) is 62.9 Å². The smallest absolute Gasteiger partial charge is 0.0992 e. The molecule has 1 heterocycles. The van der Waals surface area contributed by atoms with Crippen LogP contribution < -0.4 is 5.73 Å². The Balaban J connectivity index is 1.91. The van der Waals surface area contributed by atoms with Crippen LogP contribution in [0.3, 0.4) is 0 Å². The van der Waals surface area contributed by atoms with Crippen molar-refractivity contribution in [1.29, 1.82) is 10.5 Å². The van der Waals surface area contributed by atoms with Crippen molar-refractivity contribution in [1.82, 2.24) is 4.57 Å². The third-order valence-electron chi connectivity index (χ3n) is 6.19. The average Bonchev–Trinajstić information content (AvgIpc) is 3.13. The van der Waals surface area contributed by atoms with Gasteiger partial charge in [-0.05, 0) is 73.7 Å². The van der Waals surface area contributed by atoms with Crippen LogP contribution in [0.5, 0.6) is 0 Å². The highest BCUT2D eigenvalue weighted by molar-refractivity contribution is 5.97. The number of allylic oxidation sites excluding steroid dienone is 1. The van der Waals surface area contributed by atoms with Crippen LogP contribution in [-0.4, -0.2) is 4.57 Å². The maximum Gasteiger partial charge on any atom is 0.0992 e. The minimum atomic E-state index is 0.483. The quantitative estimate of drug-likeness (QED) is 0.443. The summed E-state index contributed by atoms with van der Waals surface area (Å²) < 4.78 is 2.32. The predicted octanol–water partition coefficient (Wildman–Crippen LogP) is 5.90. The van der Waals surface area contributed by atoms with Gasteiger partial charge in [-0.3, -0.25) is 0 Å². The first-order valence-corrected chi connectivity index (χ1v) is 10.7. The number of rotatable bonds is 2. The summed E-state index contributed by atoms with van der Waals surface area (Å²) in [4.78, 5) is 0. The molecule has 154 valence electrons. The highest BCUT2D eigenvalue weighted by Crippen LogP contribution is 2.40. The maximum atomic E-state index is 9.54. The molecule has 2 N–H and O–H groups in total. The Morgan fingerprint density at radius 2 is 1.62 bits per heavy atom. The number of nitrogens with zero attached hydrogens (tertiary/aromatic N) is 3. The summed E-state index contributed by atoms with van der Waals surface area (Å²) in [7, 11) is 0. The number of nitrogens with two attached hydrogens (primary N) is 1. The number of para-hydroxylation sites is 1. The van der Waals surface area contributed by atoms with Crippen LogP contribution in [0.2, 0.25) is 0 Å². The van der Waals surface area contributed by atoms with E-state index in [0.29, 0.717) is 11.1 Å². The van der Waals surface area contributed by atoms with E-state index in [1.807, 2.05) is 18.2 Å². The van der Waals surface area contributed by atoms with Crippen molar-refractivity contribution in [2.24, 2.45) is 5.73 Å². The Bertz CT molecular complexity index is 1490. The summed E-state index contributed by atoms with van der Waals surface area (Å²) in [6.45, 7) is 4.18. The highest BCUT2D eigenvalue weighted by Gasteiger charge is 2.24. The molecule has 1 aliphatic carbocycles. The summed E-state index contributed by atoms with van der Waals surface area (Å²) in [5.41, 5.74) is 16.9. The number of aromatic nitrogens is 1. The molecule has 0 amide bonds. The van der Waals surface area contributed by atoms with E-state index in [4.69, 9.17) is 5.73 Å². The van der Waals surface area contributed by atoms with Gasteiger partial charge in [-0.25, -0.2) is 0 Å². The molecule has 0 atom stereocenters. The first kappa shape index (κ1) is 19.7. The number of fused-ring (bicyclic) bond motifs is 3. The van der Waals surface area contributed by atoms with Crippen molar-refractivity contribution >= 4 is 16.6 Å². The first-order chi connectivity index (χ1) is 15.5. The molecule has 0 saturated carbocycles. The SMILES string of the molecule is Cc1cc(C)c(-c2cc(C#N)cc(C#N)c2)c(-n2c3c(c4ccccc42)C(N)=CCC3)c1. The van der Waals surface area contributed by atoms with Gasteiger partial charge >= 0.3 is 0 Å². The normalized spacial score (nSPS) is 12.7. The lowest BCUT2D eigenvalue weighted by Crippen LogP contribution is -2.10. The van der Waals surface area contributed by atoms with Gasteiger partial charge in [0.05, 0.1) is 34.5 Å². The minimum Gasteiger partial charge on any atom is -0.398 e. The molecule has 0 spiro atoms. The van der Waals surface area contributed by atoms with Crippen LogP contribution in [0.1, 0.15) is 39.9 Å². The molecule has 5 rings (SSSR count). The van der Waals surface area contributed by atoms with Crippen molar-refractivity contribution in [3.05, 3.63) is 94.2 Å². The van der Waals surface area contributed by atoms with Gasteiger partial charge < -0.3 is 10.3 Å². The highest BCUT2D eigenvalue weighted by atomic mass is 15.0. The average molecular weight is 415 g/mol. The van der Waals surface area contributed by atoms with Gasteiger partial charge in [0.2, 0.25) is 0 Å². The molecule has 3 aromatic carbocycles. The fourth-order valence-corrected chi connectivity index (χ4v) is 4.99. The third-order valence-corrected chi connectivity index (χ3v) is 6.19. The zero-order valence-electron chi connectivity index (χ0n) is 18.1. The lowest BCUT2D eigenvalue weighted by atomic mass is 9.93. The Morgan fingerprint density at radius 3 is 2.34 bits per heavy atom. The number of nitriles is 2. The standard InChI is InChI=1S/C28H22N4/c1-17-10-18(2)27(21-13-19(15-29)12-20(14-21)16-30)26(11-17)32-24-8-4-3-6-22(24)28-23(31)7-5-9-25(28)32/h3-4,6-8,10-14H,5,9,31H2,1-2H3. The molecule has 0 saturated heterocycles. The molecule has 1 aliphatic rings. The maximum absolute atomic E-state index is 9.54. The van der Waals surface area contributed by atoms with E-state index in [9.17, 15) is 10.5 Å². The second-order valence-electron chi connectivity index (χ2n) is 8.37. The van der Waals surface area contributed by atoms with E-state index in [1.165, 1.54) is 5.69 Å². The number of benzene rings is 3. The van der Waals surface area contributed by atoms with Crippen molar-refractivity contribution in [3.8, 4) is 29.0 Å². The van der Waals surface area contributed by atoms with Gasteiger partial charge in [0.1, 0.15) is 0 Å². The molecule has 0 fully saturated rings. The zero-order valence-corrected chi connectivity index (χ0v) is 18.1. The lowest BCUT2D eigenvalue weighted by Gasteiger charge is -2.21. The van der Waals surface area contributed by atoms with Crippen LogP contribution in [0.25, 0.3) is 33.4 Å². The Kier molecular flexibility index (Phi) is 4.58. The summed E-state index contributed by atoms with van der Waals surface area (Å²) in [6.07, 6.45) is 3.91. The second kappa shape index (κ2) is 7.45. The van der Waals surface area contributed by atoms with Gasteiger partial charge in [-0.1, -0.05) is 30.3 Å². The number of hydrogen-bond acceptors (Lipinski definition) is 3. The van der Waals surface area contributed by atoms with Crippen molar-refractivity contribution < 1.29 is 0 Å². The lowest BCUT2D eigenvalue weighted by molar-refractivity contribution is 0.881. The molecule has 1 aromatic heterocycles. The molecular formula is C28H22N4. The second-order valence-corrected chi connectivity index (χ2v) is 8.37. The minimum absolute atomic E-state index is 0.483. The van der Waals surface area contributed by atoms with E-state index in [-0.39, 0.29) is 0 Å². The number of aryl methyl sites for hydroxylation is 2. The van der Waals surface area contributed by atoms with Gasteiger partial charge in [0.15, 0.2) is 0 Å². The molecule has 0 bridgehead atoms. The zero-order chi connectivity index (χ0) is 22.4. The van der Waals surface area contributed by atoms with Crippen LogP contribution in [0.15, 0.2) is 60.7 Å². The summed E-state index contributed by atoms with van der Waals surface area (Å²) in [5.74, 6) is 0. The molecule has 4 heteroatoms. The molecule has 0 unspecified atom stereocenters. The molecular weight excluding hydrogens is 392 g/mol. The van der Waals surface area contributed by atoms with Crippen molar-refractivity contribution in [2.45, 2.75) is 26.7 Å². The van der Waals surface area contributed by atoms with Crippen molar-refractivity contribution in [2.75, 3.05) is 0 Å².